The summed E-state index contributed by atoms with van der Waals surface area (Å²) in [6, 6.07) is 8.80. The number of aryl methyl sites for hydroxylation is 2. The van der Waals surface area contributed by atoms with Crippen LogP contribution in [0.3, 0.4) is 0 Å². The molecule has 1 aliphatic rings. The fourth-order valence-electron chi connectivity index (χ4n) is 1.68. The molecule has 0 saturated carbocycles. The van der Waals surface area contributed by atoms with Gasteiger partial charge in [-0.25, -0.2) is 0 Å². The molecule has 3 radical (unpaired) electrons. The van der Waals surface area contributed by atoms with E-state index in [0.29, 0.717) is 0 Å². The van der Waals surface area contributed by atoms with Gasteiger partial charge in [-0.15, -0.1) is 0 Å². The van der Waals surface area contributed by atoms with Crippen molar-refractivity contribution in [2.24, 2.45) is 0 Å². The molecule has 0 heterocycles. The van der Waals surface area contributed by atoms with Gasteiger partial charge in [0, 0.05) is 8.41 Å². The van der Waals surface area contributed by atoms with E-state index < -0.39 is 0 Å². The van der Waals surface area contributed by atoms with Gasteiger partial charge < -0.3 is 0 Å². The molecule has 0 saturated heterocycles. The molecule has 2 rings (SSSR count). The van der Waals surface area contributed by atoms with E-state index in [0.717, 1.165) is 0 Å². The van der Waals surface area contributed by atoms with Crippen LogP contribution in [0.25, 0.3) is 0 Å². The minimum Gasteiger partial charge on any atom is -0.0620 e. The minimum atomic E-state index is 0. The first-order valence-electron chi connectivity index (χ1n) is 4.03. The van der Waals surface area contributed by atoms with Crippen LogP contribution in [0, 0.1) is 0 Å². The van der Waals surface area contributed by atoms with Crippen molar-refractivity contribution in [3.05, 3.63) is 35.4 Å². The van der Waals surface area contributed by atoms with Crippen molar-refractivity contribution in [1.82, 2.24) is 0 Å². The van der Waals surface area contributed by atoms with E-state index in [2.05, 4.69) is 24.3 Å². The van der Waals surface area contributed by atoms with Crippen LogP contribution in [0.4, 0.5) is 0 Å². The van der Waals surface area contributed by atoms with Gasteiger partial charge in [-0.05, 0) is 36.8 Å². The van der Waals surface area contributed by atoms with Gasteiger partial charge in [-0.3, -0.25) is 0 Å². The highest BCUT2D eigenvalue weighted by Crippen LogP contribution is 2.19. The highest BCUT2D eigenvalue weighted by molar-refractivity contribution is 5.75. The Morgan fingerprint density at radius 3 is 1.73 bits per heavy atom. The molecule has 0 spiro atoms. The molecule has 0 unspecified atom stereocenters. The van der Waals surface area contributed by atoms with E-state index in [1.807, 2.05) is 0 Å². The lowest BCUT2D eigenvalue weighted by Gasteiger charge is -2.13. The Kier molecular flexibility index (Phi) is 2.75. The Morgan fingerprint density at radius 2 is 1.27 bits per heavy atom. The van der Waals surface area contributed by atoms with E-state index >= 15 is 0 Å². The van der Waals surface area contributed by atoms with Crippen molar-refractivity contribution in [3.63, 3.8) is 0 Å². The lowest BCUT2D eigenvalue weighted by atomic mass is 9.92. The van der Waals surface area contributed by atoms with Crippen LogP contribution in [0.5, 0.6) is 0 Å². The molecule has 0 bridgehead atoms. The van der Waals surface area contributed by atoms with Crippen molar-refractivity contribution in [2.45, 2.75) is 25.7 Å². The first-order valence-corrected chi connectivity index (χ1v) is 4.03. The molecule has 0 aromatic heterocycles. The standard InChI is InChI=1S/C10H12.B/c1-2-6-10-8-4-3-7-9(10)5-1;/h1-2,5-6H,3-4,7-8H2;. The monoisotopic (exact) mass is 143 g/mol. The Hall–Kier alpha value is -0.715. The van der Waals surface area contributed by atoms with Crippen LogP contribution >= 0.6 is 0 Å². The molecule has 0 nitrogen and oxygen atoms in total. The molecule has 0 N–H and O–H groups in total. The van der Waals surface area contributed by atoms with Crippen LogP contribution < -0.4 is 0 Å². The van der Waals surface area contributed by atoms with Crippen molar-refractivity contribution in [3.8, 4) is 0 Å². The van der Waals surface area contributed by atoms with E-state index in [1.165, 1.54) is 25.7 Å². The van der Waals surface area contributed by atoms with Crippen LogP contribution in [0.15, 0.2) is 24.3 Å². The first-order chi connectivity index (χ1) is 4.97. The highest BCUT2D eigenvalue weighted by Gasteiger charge is 2.05. The smallest absolute Gasteiger partial charge is 0 e. The van der Waals surface area contributed by atoms with Crippen LogP contribution in [0.1, 0.15) is 24.0 Å². The fourth-order valence-corrected chi connectivity index (χ4v) is 1.68. The lowest BCUT2D eigenvalue weighted by molar-refractivity contribution is 0.685. The normalized spacial score (nSPS) is 14.9. The summed E-state index contributed by atoms with van der Waals surface area (Å²) in [5, 5.41) is 0. The summed E-state index contributed by atoms with van der Waals surface area (Å²) in [5.74, 6) is 0. The summed E-state index contributed by atoms with van der Waals surface area (Å²) in [7, 11) is 0. The maximum atomic E-state index is 2.26. The second-order valence-electron chi connectivity index (χ2n) is 2.98. The zero-order chi connectivity index (χ0) is 6.81. The van der Waals surface area contributed by atoms with E-state index in [9.17, 15) is 0 Å². The Bertz CT molecular complexity index is 205. The molecule has 0 fully saturated rings. The van der Waals surface area contributed by atoms with Crippen molar-refractivity contribution < 1.29 is 0 Å². The van der Waals surface area contributed by atoms with Gasteiger partial charge in [-0.1, -0.05) is 24.3 Å². The Balaban J connectivity index is 0.000000605. The number of rotatable bonds is 0. The summed E-state index contributed by atoms with van der Waals surface area (Å²) in [5.41, 5.74) is 3.16. The molecule has 0 aliphatic heterocycles. The van der Waals surface area contributed by atoms with Gasteiger partial charge in [-0.2, -0.15) is 0 Å². The van der Waals surface area contributed by atoms with Crippen LogP contribution in [-0.2, 0) is 12.8 Å². The summed E-state index contributed by atoms with van der Waals surface area (Å²) in [6.07, 6.45) is 5.38. The van der Waals surface area contributed by atoms with E-state index in [1.54, 1.807) is 11.1 Å². The Morgan fingerprint density at radius 1 is 0.818 bits per heavy atom. The van der Waals surface area contributed by atoms with E-state index in [4.69, 9.17) is 0 Å². The maximum Gasteiger partial charge on any atom is 0 e. The minimum absolute atomic E-state index is 0. The number of fused-ring (bicyclic) bond motifs is 1. The predicted molar refractivity (Wildman–Crippen MR) is 48.8 cm³/mol. The zero-order valence-corrected chi connectivity index (χ0v) is 6.72. The molecular formula is C10H12B. The third-order valence-electron chi connectivity index (χ3n) is 2.26. The second kappa shape index (κ2) is 3.61. The van der Waals surface area contributed by atoms with Gasteiger partial charge in [0.2, 0.25) is 0 Å². The van der Waals surface area contributed by atoms with Crippen molar-refractivity contribution in [1.29, 1.82) is 0 Å². The SMILES string of the molecule is [B].c1ccc2c(c1)CCCC2. The molecule has 0 atom stereocenters. The van der Waals surface area contributed by atoms with Gasteiger partial charge in [0.05, 0.1) is 0 Å². The first kappa shape index (κ1) is 8.38. The average Bonchev–Trinajstić information content (AvgIpc) is 2.05. The van der Waals surface area contributed by atoms with Gasteiger partial charge >= 0.3 is 0 Å². The van der Waals surface area contributed by atoms with Crippen molar-refractivity contribution >= 4 is 8.41 Å². The quantitative estimate of drug-likeness (QED) is 0.488. The van der Waals surface area contributed by atoms with Gasteiger partial charge in [0.1, 0.15) is 0 Å². The fraction of sp³-hybridized carbons (Fsp3) is 0.400. The van der Waals surface area contributed by atoms with E-state index in [-0.39, 0.29) is 8.41 Å². The molecule has 1 aliphatic carbocycles. The molecule has 1 aromatic rings. The molecule has 1 aromatic carbocycles. The summed E-state index contributed by atoms with van der Waals surface area (Å²) in [6.45, 7) is 0. The van der Waals surface area contributed by atoms with Crippen LogP contribution in [-0.4, -0.2) is 8.41 Å². The molecule has 55 valence electrons. The number of hydrogen-bond donors (Lipinski definition) is 0. The Labute approximate surface area is 70.2 Å². The summed E-state index contributed by atoms with van der Waals surface area (Å²) in [4.78, 5) is 0. The lowest BCUT2D eigenvalue weighted by Crippen LogP contribution is -2.00. The zero-order valence-electron chi connectivity index (χ0n) is 6.72. The van der Waals surface area contributed by atoms with Gasteiger partial charge in [0.15, 0.2) is 0 Å². The van der Waals surface area contributed by atoms with Crippen LogP contribution in [0.2, 0.25) is 0 Å². The molecule has 11 heavy (non-hydrogen) atoms. The number of benzene rings is 1. The average molecular weight is 143 g/mol. The maximum absolute atomic E-state index is 2.26. The number of hydrogen-bond acceptors (Lipinski definition) is 0. The molecular weight excluding hydrogens is 131 g/mol. The third kappa shape index (κ3) is 1.65. The summed E-state index contributed by atoms with van der Waals surface area (Å²) < 4.78 is 0. The van der Waals surface area contributed by atoms with Crippen molar-refractivity contribution in [2.75, 3.05) is 0 Å². The second-order valence-corrected chi connectivity index (χ2v) is 2.98. The predicted octanol–water partition coefficient (Wildman–Crippen LogP) is 2.18. The largest absolute Gasteiger partial charge is 0.0620 e. The highest BCUT2D eigenvalue weighted by atomic mass is 14.1. The summed E-state index contributed by atoms with van der Waals surface area (Å²) >= 11 is 0. The van der Waals surface area contributed by atoms with Gasteiger partial charge in [0.25, 0.3) is 0 Å². The molecule has 1 heteroatoms. The topological polar surface area (TPSA) is 0 Å². The third-order valence-corrected chi connectivity index (χ3v) is 2.26. The molecule has 0 amide bonds.